The lowest BCUT2D eigenvalue weighted by molar-refractivity contribution is -0.112. The lowest BCUT2D eigenvalue weighted by atomic mass is 10.1. The molecule has 0 radical (unpaired) electrons. The van der Waals surface area contributed by atoms with Crippen LogP contribution in [0, 0.1) is 17.1 Å². The summed E-state index contributed by atoms with van der Waals surface area (Å²) in [6, 6.07) is 13.3. The fraction of sp³-hybridized carbons (Fsp3) is 0.100. The second-order valence-corrected chi connectivity index (χ2v) is 5.57. The Labute approximate surface area is 144 Å². The van der Waals surface area contributed by atoms with Gasteiger partial charge in [0.05, 0.1) is 0 Å². The van der Waals surface area contributed by atoms with Gasteiger partial charge in [-0.05, 0) is 42.3 Å². The predicted molar refractivity (Wildman–Crippen MR) is 96.3 cm³/mol. The molecular formula is C20H16FN3O. The molecule has 0 aliphatic heterocycles. The highest BCUT2D eigenvalue weighted by Crippen LogP contribution is 2.24. The molecule has 5 heteroatoms. The first kappa shape index (κ1) is 16.5. The fourth-order valence-electron chi connectivity index (χ4n) is 2.69. The number of aryl methyl sites for hydroxylation is 1. The van der Waals surface area contributed by atoms with Gasteiger partial charge in [0.15, 0.2) is 0 Å². The van der Waals surface area contributed by atoms with Gasteiger partial charge in [0.1, 0.15) is 17.5 Å². The summed E-state index contributed by atoms with van der Waals surface area (Å²) in [7, 11) is 0. The number of nitriles is 1. The molecule has 0 aliphatic rings. The third-order valence-electron chi connectivity index (χ3n) is 3.98. The molecule has 2 aromatic carbocycles. The van der Waals surface area contributed by atoms with Crippen LogP contribution in [0.15, 0.2) is 54.2 Å². The number of nitrogens with one attached hydrogen (secondary N) is 2. The Morgan fingerprint density at radius 3 is 2.72 bits per heavy atom. The van der Waals surface area contributed by atoms with E-state index in [2.05, 4.69) is 17.2 Å². The van der Waals surface area contributed by atoms with Crippen molar-refractivity contribution in [2.24, 2.45) is 0 Å². The zero-order chi connectivity index (χ0) is 17.8. The lowest BCUT2D eigenvalue weighted by Crippen LogP contribution is -2.13. The number of carbonyl (C=O) groups is 1. The minimum atomic E-state index is -0.532. The Bertz CT molecular complexity index is 994. The van der Waals surface area contributed by atoms with Crippen LogP contribution in [-0.2, 0) is 11.2 Å². The second kappa shape index (κ2) is 7.02. The van der Waals surface area contributed by atoms with Crippen LogP contribution >= 0.6 is 0 Å². The molecule has 0 bridgehead atoms. The number of aromatic nitrogens is 1. The predicted octanol–water partition coefficient (Wildman–Crippen LogP) is 4.42. The van der Waals surface area contributed by atoms with Crippen molar-refractivity contribution in [1.82, 2.24) is 4.98 Å². The summed E-state index contributed by atoms with van der Waals surface area (Å²) in [4.78, 5) is 15.5. The van der Waals surface area contributed by atoms with Crippen molar-refractivity contribution < 1.29 is 9.18 Å². The van der Waals surface area contributed by atoms with Crippen LogP contribution in [0.5, 0.6) is 0 Å². The SMILES string of the molecule is CCc1cccc2c(/C=C(\C#N)C(=O)Nc3ccc(F)cc3)c[nH]c12. The fourth-order valence-corrected chi connectivity index (χ4v) is 2.69. The van der Waals surface area contributed by atoms with Crippen LogP contribution in [0.1, 0.15) is 18.1 Å². The molecule has 4 nitrogen and oxygen atoms in total. The molecule has 3 aromatic rings. The Kier molecular flexibility index (Phi) is 4.62. The van der Waals surface area contributed by atoms with Gasteiger partial charge in [-0.15, -0.1) is 0 Å². The zero-order valence-corrected chi connectivity index (χ0v) is 13.6. The average molecular weight is 333 g/mol. The summed E-state index contributed by atoms with van der Waals surface area (Å²) < 4.78 is 12.9. The van der Waals surface area contributed by atoms with Gasteiger partial charge in [-0.3, -0.25) is 4.79 Å². The Hall–Kier alpha value is -3.39. The minimum absolute atomic E-state index is 0.0212. The van der Waals surface area contributed by atoms with Gasteiger partial charge in [-0.1, -0.05) is 25.1 Å². The van der Waals surface area contributed by atoms with Crippen molar-refractivity contribution in [1.29, 1.82) is 5.26 Å². The monoisotopic (exact) mass is 333 g/mol. The molecular weight excluding hydrogens is 317 g/mol. The van der Waals surface area contributed by atoms with Crippen LogP contribution in [0.3, 0.4) is 0 Å². The van der Waals surface area contributed by atoms with Gasteiger partial charge >= 0.3 is 0 Å². The highest BCUT2D eigenvalue weighted by atomic mass is 19.1. The van der Waals surface area contributed by atoms with Crippen LogP contribution in [-0.4, -0.2) is 10.9 Å². The zero-order valence-electron chi connectivity index (χ0n) is 13.6. The van der Waals surface area contributed by atoms with Crippen molar-refractivity contribution in [3.05, 3.63) is 71.2 Å². The molecule has 3 rings (SSSR count). The Morgan fingerprint density at radius 2 is 2.04 bits per heavy atom. The first-order valence-corrected chi connectivity index (χ1v) is 7.90. The quantitative estimate of drug-likeness (QED) is 0.548. The molecule has 25 heavy (non-hydrogen) atoms. The average Bonchev–Trinajstić information content (AvgIpc) is 3.04. The van der Waals surface area contributed by atoms with E-state index in [-0.39, 0.29) is 11.4 Å². The van der Waals surface area contributed by atoms with E-state index in [0.29, 0.717) is 5.69 Å². The van der Waals surface area contributed by atoms with Crippen LogP contribution in [0.4, 0.5) is 10.1 Å². The number of hydrogen-bond donors (Lipinski definition) is 2. The van der Waals surface area contributed by atoms with E-state index in [0.717, 1.165) is 22.9 Å². The standard InChI is InChI=1S/C20H16FN3O/c1-2-13-4-3-5-18-15(12-23-19(13)18)10-14(11-22)20(25)24-17-8-6-16(21)7-9-17/h3-10,12,23H,2H2,1H3,(H,24,25)/b14-10+. The van der Waals surface area contributed by atoms with Crippen LogP contribution in [0.2, 0.25) is 0 Å². The van der Waals surface area contributed by atoms with E-state index in [1.165, 1.54) is 29.8 Å². The molecule has 0 fully saturated rings. The van der Waals surface area contributed by atoms with Crippen molar-refractivity contribution >= 4 is 28.6 Å². The number of halogens is 1. The number of aromatic amines is 1. The van der Waals surface area contributed by atoms with E-state index in [4.69, 9.17) is 0 Å². The van der Waals surface area contributed by atoms with Crippen LogP contribution < -0.4 is 5.32 Å². The maximum Gasteiger partial charge on any atom is 0.266 e. The van der Waals surface area contributed by atoms with Crippen molar-refractivity contribution in [3.63, 3.8) is 0 Å². The molecule has 124 valence electrons. The number of rotatable bonds is 4. The van der Waals surface area contributed by atoms with Crippen molar-refractivity contribution in [3.8, 4) is 6.07 Å². The molecule has 1 amide bonds. The van der Waals surface area contributed by atoms with E-state index in [9.17, 15) is 14.4 Å². The third-order valence-corrected chi connectivity index (χ3v) is 3.98. The first-order chi connectivity index (χ1) is 12.1. The number of carbonyl (C=O) groups excluding carboxylic acids is 1. The maximum absolute atomic E-state index is 12.9. The topological polar surface area (TPSA) is 68.7 Å². The molecule has 0 saturated carbocycles. The first-order valence-electron chi connectivity index (χ1n) is 7.90. The van der Waals surface area contributed by atoms with Crippen LogP contribution in [0.25, 0.3) is 17.0 Å². The molecule has 1 heterocycles. The van der Waals surface area contributed by atoms with Gasteiger partial charge < -0.3 is 10.3 Å². The van der Waals surface area contributed by atoms with Gasteiger partial charge in [0.25, 0.3) is 5.91 Å². The molecule has 0 atom stereocenters. The maximum atomic E-state index is 12.9. The lowest BCUT2D eigenvalue weighted by Gasteiger charge is -2.04. The van der Waals surface area contributed by atoms with Gasteiger partial charge in [0.2, 0.25) is 0 Å². The van der Waals surface area contributed by atoms with Gasteiger partial charge in [-0.25, -0.2) is 4.39 Å². The summed E-state index contributed by atoms with van der Waals surface area (Å²) in [6.07, 6.45) is 4.22. The summed E-state index contributed by atoms with van der Waals surface area (Å²) in [5.74, 6) is -0.922. The van der Waals surface area contributed by atoms with E-state index < -0.39 is 5.91 Å². The number of nitrogens with zero attached hydrogens (tertiary/aromatic N) is 1. The molecule has 0 saturated heterocycles. The normalized spacial score (nSPS) is 11.3. The molecule has 0 unspecified atom stereocenters. The summed E-state index contributed by atoms with van der Waals surface area (Å²) >= 11 is 0. The largest absolute Gasteiger partial charge is 0.360 e. The van der Waals surface area contributed by atoms with Crippen molar-refractivity contribution in [2.45, 2.75) is 13.3 Å². The summed E-state index contributed by atoms with van der Waals surface area (Å²) in [5.41, 5.74) is 3.36. The molecule has 2 N–H and O–H groups in total. The molecule has 0 aliphatic carbocycles. The summed E-state index contributed by atoms with van der Waals surface area (Å²) in [6.45, 7) is 2.07. The summed E-state index contributed by atoms with van der Waals surface area (Å²) in [5, 5.41) is 12.9. The number of H-pyrrole nitrogens is 1. The number of para-hydroxylation sites is 1. The van der Waals surface area contributed by atoms with E-state index >= 15 is 0 Å². The number of hydrogen-bond acceptors (Lipinski definition) is 2. The number of fused-ring (bicyclic) bond motifs is 1. The van der Waals surface area contributed by atoms with Gasteiger partial charge in [0, 0.05) is 28.4 Å². The number of amides is 1. The highest BCUT2D eigenvalue weighted by Gasteiger charge is 2.12. The van der Waals surface area contributed by atoms with Crippen molar-refractivity contribution in [2.75, 3.05) is 5.32 Å². The van der Waals surface area contributed by atoms with E-state index in [1.807, 2.05) is 24.3 Å². The van der Waals surface area contributed by atoms with Gasteiger partial charge in [-0.2, -0.15) is 5.26 Å². The smallest absolute Gasteiger partial charge is 0.266 e. The molecule has 1 aromatic heterocycles. The highest BCUT2D eigenvalue weighted by molar-refractivity contribution is 6.10. The van der Waals surface area contributed by atoms with E-state index in [1.54, 1.807) is 12.3 Å². The Morgan fingerprint density at radius 1 is 1.28 bits per heavy atom. The number of benzene rings is 2. The number of anilines is 1. The second-order valence-electron chi connectivity index (χ2n) is 5.57. The Balaban J connectivity index is 1.91. The minimum Gasteiger partial charge on any atom is -0.360 e. The third kappa shape index (κ3) is 3.43. The molecule has 0 spiro atoms.